The zero-order chi connectivity index (χ0) is 21.7. The van der Waals surface area contributed by atoms with Gasteiger partial charge in [-0.15, -0.1) is 0 Å². The van der Waals surface area contributed by atoms with Gasteiger partial charge in [0.15, 0.2) is 6.04 Å². The summed E-state index contributed by atoms with van der Waals surface area (Å²) in [6.45, 7) is 2.92. The summed E-state index contributed by atoms with van der Waals surface area (Å²) in [4.78, 5) is 11.6. The van der Waals surface area contributed by atoms with Gasteiger partial charge < -0.3 is 15.2 Å². The van der Waals surface area contributed by atoms with E-state index in [9.17, 15) is 22.0 Å². The van der Waals surface area contributed by atoms with Gasteiger partial charge in [0, 0.05) is 31.3 Å². The molecule has 4 rings (SSSR count). The highest BCUT2D eigenvalue weighted by Crippen LogP contribution is 2.41. The van der Waals surface area contributed by atoms with Gasteiger partial charge in [0.25, 0.3) is 5.92 Å². The fourth-order valence-electron chi connectivity index (χ4n) is 3.33. The summed E-state index contributed by atoms with van der Waals surface area (Å²) >= 11 is 0. The van der Waals surface area contributed by atoms with Gasteiger partial charge in [-0.3, -0.25) is 4.68 Å². The fraction of sp³-hybridized carbons (Fsp3) is 0.412. The first-order chi connectivity index (χ1) is 14.1. The Morgan fingerprint density at radius 2 is 2.03 bits per heavy atom. The summed E-state index contributed by atoms with van der Waals surface area (Å²) in [5.41, 5.74) is -0.359. The Morgan fingerprint density at radius 1 is 1.27 bits per heavy atom. The number of hydrogen-bond acceptors (Lipinski definition) is 6. The molecule has 0 saturated heterocycles. The number of fused-ring (bicyclic) bond motifs is 1. The quantitative estimate of drug-likeness (QED) is 0.604. The molecule has 4 heterocycles. The second kappa shape index (κ2) is 6.92. The van der Waals surface area contributed by atoms with Gasteiger partial charge in [0.2, 0.25) is 5.95 Å². The molecule has 2 N–H and O–H groups in total. The maximum Gasteiger partial charge on any atom is 0.421 e. The van der Waals surface area contributed by atoms with Gasteiger partial charge in [0.1, 0.15) is 17.2 Å². The van der Waals surface area contributed by atoms with Crippen molar-refractivity contribution in [1.82, 2.24) is 29.3 Å². The van der Waals surface area contributed by atoms with Gasteiger partial charge >= 0.3 is 6.18 Å². The summed E-state index contributed by atoms with van der Waals surface area (Å²) in [7, 11) is 0. The molecule has 3 aromatic rings. The van der Waals surface area contributed by atoms with Crippen LogP contribution in [0.25, 0.3) is 0 Å². The fourth-order valence-corrected chi connectivity index (χ4v) is 3.33. The lowest BCUT2D eigenvalue weighted by Gasteiger charge is -2.18. The van der Waals surface area contributed by atoms with Gasteiger partial charge in [-0.05, 0) is 13.8 Å². The van der Waals surface area contributed by atoms with Crippen LogP contribution < -0.4 is 10.6 Å². The van der Waals surface area contributed by atoms with E-state index in [2.05, 4.69) is 30.7 Å². The smallest absolute Gasteiger partial charge is 0.370 e. The van der Waals surface area contributed by atoms with E-state index in [1.807, 2.05) is 0 Å². The van der Waals surface area contributed by atoms with Crippen LogP contribution in [0.5, 0.6) is 0 Å². The molecular formula is C17H17F5N8. The maximum absolute atomic E-state index is 14.5. The minimum absolute atomic E-state index is 0.124. The summed E-state index contributed by atoms with van der Waals surface area (Å²) < 4.78 is 70.8. The molecule has 0 saturated carbocycles. The number of rotatable bonds is 5. The van der Waals surface area contributed by atoms with Crippen LogP contribution >= 0.6 is 0 Å². The van der Waals surface area contributed by atoms with Gasteiger partial charge in [-0.2, -0.15) is 23.3 Å². The van der Waals surface area contributed by atoms with Crippen molar-refractivity contribution in [2.45, 2.75) is 38.5 Å². The molecule has 1 unspecified atom stereocenters. The number of hydrogen-bond donors (Lipinski definition) is 2. The second-order valence-corrected chi connectivity index (χ2v) is 6.79. The number of anilines is 3. The molecule has 0 aromatic carbocycles. The minimum Gasteiger partial charge on any atom is -0.370 e. The van der Waals surface area contributed by atoms with E-state index in [4.69, 9.17) is 0 Å². The van der Waals surface area contributed by atoms with Crippen molar-refractivity contribution in [3.05, 3.63) is 41.9 Å². The van der Waals surface area contributed by atoms with Crippen molar-refractivity contribution >= 4 is 17.5 Å². The third kappa shape index (κ3) is 3.44. The monoisotopic (exact) mass is 428 g/mol. The summed E-state index contributed by atoms with van der Waals surface area (Å²) in [5.74, 6) is -3.42. The van der Waals surface area contributed by atoms with Gasteiger partial charge in [-0.25, -0.2) is 18.7 Å². The van der Waals surface area contributed by atoms with E-state index < -0.39 is 30.2 Å². The molecule has 0 aliphatic carbocycles. The van der Waals surface area contributed by atoms with E-state index >= 15 is 0 Å². The predicted octanol–water partition coefficient (Wildman–Crippen LogP) is 3.61. The van der Waals surface area contributed by atoms with Gasteiger partial charge in [-0.1, -0.05) is 0 Å². The SMILES string of the molecule is CCNc1nc(Nc2cn(C3c4nccn4CC3(F)F)nc2C)ncc1C(F)(F)F. The van der Waals surface area contributed by atoms with Crippen molar-refractivity contribution in [3.63, 3.8) is 0 Å². The van der Waals surface area contributed by atoms with Crippen LogP contribution in [0.2, 0.25) is 0 Å². The molecule has 3 aromatic heterocycles. The summed E-state index contributed by atoms with van der Waals surface area (Å²) in [6, 6.07) is -1.40. The zero-order valence-corrected chi connectivity index (χ0v) is 15.9. The third-order valence-electron chi connectivity index (χ3n) is 4.64. The van der Waals surface area contributed by atoms with Crippen molar-refractivity contribution in [2.24, 2.45) is 0 Å². The Morgan fingerprint density at radius 3 is 2.73 bits per heavy atom. The van der Waals surface area contributed by atoms with Crippen LogP contribution in [0, 0.1) is 6.92 Å². The van der Waals surface area contributed by atoms with E-state index in [0.717, 1.165) is 4.68 Å². The first-order valence-electron chi connectivity index (χ1n) is 9.00. The molecule has 1 aliphatic heterocycles. The summed E-state index contributed by atoms with van der Waals surface area (Å²) in [5, 5.41) is 9.45. The normalized spacial score (nSPS) is 17.8. The van der Waals surface area contributed by atoms with Crippen molar-refractivity contribution in [2.75, 3.05) is 17.2 Å². The molecule has 0 spiro atoms. The highest BCUT2D eigenvalue weighted by atomic mass is 19.4. The highest BCUT2D eigenvalue weighted by molar-refractivity contribution is 5.58. The number of nitrogens with zero attached hydrogens (tertiary/aromatic N) is 6. The lowest BCUT2D eigenvalue weighted by Crippen LogP contribution is -2.29. The largest absolute Gasteiger partial charge is 0.421 e. The number of aromatic nitrogens is 6. The predicted molar refractivity (Wildman–Crippen MR) is 96.8 cm³/mol. The van der Waals surface area contributed by atoms with E-state index in [1.54, 1.807) is 13.8 Å². The number of imidazole rings is 1. The number of aryl methyl sites for hydroxylation is 1. The third-order valence-corrected chi connectivity index (χ3v) is 4.64. The Labute approximate surface area is 167 Å². The molecule has 13 heteroatoms. The molecule has 8 nitrogen and oxygen atoms in total. The van der Waals surface area contributed by atoms with Crippen molar-refractivity contribution in [1.29, 1.82) is 0 Å². The Hall–Kier alpha value is -3.25. The van der Waals surface area contributed by atoms with Crippen LogP contribution in [-0.2, 0) is 12.7 Å². The number of alkyl halides is 5. The number of nitrogens with one attached hydrogen (secondary N) is 2. The first-order valence-corrected chi connectivity index (χ1v) is 9.00. The molecular weight excluding hydrogens is 411 g/mol. The lowest BCUT2D eigenvalue weighted by atomic mass is 10.2. The topological polar surface area (TPSA) is 85.5 Å². The van der Waals surface area contributed by atoms with Crippen LogP contribution in [0.3, 0.4) is 0 Å². The summed E-state index contributed by atoms with van der Waals surface area (Å²) in [6.07, 6.45) is 0.288. The Balaban J connectivity index is 1.65. The molecule has 0 fully saturated rings. The molecule has 0 bridgehead atoms. The van der Waals surface area contributed by atoms with E-state index in [1.165, 1.54) is 23.2 Å². The minimum atomic E-state index is -4.62. The van der Waals surface area contributed by atoms with Crippen LogP contribution in [-0.4, -0.2) is 41.8 Å². The molecule has 1 atom stereocenters. The average molecular weight is 428 g/mol. The van der Waals surface area contributed by atoms with E-state index in [-0.39, 0.29) is 29.8 Å². The van der Waals surface area contributed by atoms with Crippen LogP contribution in [0.1, 0.15) is 30.0 Å². The second-order valence-electron chi connectivity index (χ2n) is 6.79. The Bertz CT molecular complexity index is 1070. The van der Waals surface area contributed by atoms with E-state index in [0.29, 0.717) is 11.9 Å². The molecule has 0 amide bonds. The maximum atomic E-state index is 14.5. The molecule has 1 aliphatic rings. The van der Waals surface area contributed by atoms with Crippen molar-refractivity contribution < 1.29 is 22.0 Å². The molecule has 0 radical (unpaired) electrons. The lowest BCUT2D eigenvalue weighted by molar-refractivity contribution is -0.137. The average Bonchev–Trinajstić information content (AvgIpc) is 3.27. The van der Waals surface area contributed by atoms with Crippen LogP contribution in [0.15, 0.2) is 24.8 Å². The zero-order valence-electron chi connectivity index (χ0n) is 15.9. The van der Waals surface area contributed by atoms with Crippen LogP contribution in [0.4, 0.5) is 39.4 Å². The molecule has 30 heavy (non-hydrogen) atoms. The highest BCUT2D eigenvalue weighted by Gasteiger charge is 2.51. The van der Waals surface area contributed by atoms with Crippen molar-refractivity contribution in [3.8, 4) is 0 Å². The van der Waals surface area contributed by atoms with Gasteiger partial charge in [0.05, 0.1) is 17.9 Å². The number of halogens is 5. The standard InChI is InChI=1S/C17H17F5N8/c1-3-23-13-10(17(20,21)22)6-25-15(27-13)26-11-7-30(28-9(11)2)12-14-24-4-5-29(14)8-16(12,18)19/h4-7,12H,3,8H2,1-2H3,(H2,23,25,26,27). The molecule has 160 valence electrons. The first kappa shape index (κ1) is 20.0. The Kier molecular flexibility index (Phi) is 4.62.